The number of aryl methyl sites for hydroxylation is 1. The summed E-state index contributed by atoms with van der Waals surface area (Å²) in [6.07, 6.45) is 0. The number of nitrogens with zero attached hydrogens (tertiary/aromatic N) is 1. The van der Waals surface area contributed by atoms with E-state index in [0.29, 0.717) is 12.1 Å². The van der Waals surface area contributed by atoms with Crippen LogP contribution in [0.5, 0.6) is 0 Å². The Morgan fingerprint density at radius 2 is 1.90 bits per heavy atom. The Hall–Kier alpha value is -2.20. The van der Waals surface area contributed by atoms with E-state index in [-0.39, 0.29) is 16.7 Å². The minimum atomic E-state index is -0.334. The van der Waals surface area contributed by atoms with Crippen molar-refractivity contribution in [1.82, 2.24) is 5.32 Å². The molecule has 0 saturated carbocycles. The first-order valence-corrected chi connectivity index (χ1v) is 6.60. The second-order valence-electron chi connectivity index (χ2n) is 4.89. The Morgan fingerprint density at radius 1 is 1.20 bits per heavy atom. The normalized spacial score (nSPS) is 12.1. The highest BCUT2D eigenvalue weighted by Crippen LogP contribution is 2.20. The maximum atomic E-state index is 10.9. The molecule has 2 aromatic rings. The minimum absolute atomic E-state index is 0.177. The van der Waals surface area contributed by atoms with Crippen LogP contribution in [0.4, 0.5) is 5.69 Å². The molecule has 0 aliphatic carbocycles. The van der Waals surface area contributed by atoms with E-state index < -0.39 is 0 Å². The zero-order chi connectivity index (χ0) is 14.5. The molecule has 0 spiro atoms. The van der Waals surface area contributed by atoms with Gasteiger partial charge >= 0.3 is 0 Å². The van der Waals surface area contributed by atoms with Gasteiger partial charge in [0.2, 0.25) is 0 Å². The van der Waals surface area contributed by atoms with Gasteiger partial charge in [0.1, 0.15) is 0 Å². The molecule has 1 N–H and O–H groups in total. The third-order valence-electron chi connectivity index (χ3n) is 3.38. The van der Waals surface area contributed by atoms with Crippen LogP contribution in [0, 0.1) is 17.0 Å². The Bertz CT molecular complexity index is 597. The first-order chi connectivity index (χ1) is 9.58. The fraction of sp³-hybridized carbons (Fsp3) is 0.250. The fourth-order valence-corrected chi connectivity index (χ4v) is 2.09. The maximum Gasteiger partial charge on any atom is 0.272 e. The summed E-state index contributed by atoms with van der Waals surface area (Å²) in [6, 6.07) is 15.7. The van der Waals surface area contributed by atoms with Crippen molar-refractivity contribution in [1.29, 1.82) is 0 Å². The minimum Gasteiger partial charge on any atom is -0.306 e. The second-order valence-corrected chi connectivity index (χ2v) is 4.89. The summed E-state index contributed by atoms with van der Waals surface area (Å²) in [5.41, 5.74) is 2.99. The molecular formula is C16H18N2O2. The first-order valence-electron chi connectivity index (χ1n) is 6.60. The Morgan fingerprint density at radius 3 is 2.55 bits per heavy atom. The fourth-order valence-electron chi connectivity index (χ4n) is 2.09. The van der Waals surface area contributed by atoms with Gasteiger partial charge in [-0.25, -0.2) is 0 Å². The molecule has 0 aliphatic heterocycles. The van der Waals surface area contributed by atoms with Crippen LogP contribution < -0.4 is 5.32 Å². The van der Waals surface area contributed by atoms with Crippen LogP contribution in [0.25, 0.3) is 0 Å². The number of nitro benzene ring substituents is 1. The highest BCUT2D eigenvalue weighted by molar-refractivity contribution is 5.42. The average molecular weight is 270 g/mol. The first kappa shape index (κ1) is 14.2. The number of hydrogen-bond acceptors (Lipinski definition) is 3. The van der Waals surface area contributed by atoms with Crippen molar-refractivity contribution in [2.24, 2.45) is 0 Å². The summed E-state index contributed by atoms with van der Waals surface area (Å²) >= 11 is 0. The van der Waals surface area contributed by atoms with Crippen molar-refractivity contribution in [3.8, 4) is 0 Å². The summed E-state index contributed by atoms with van der Waals surface area (Å²) in [7, 11) is 0. The van der Waals surface area contributed by atoms with Crippen LogP contribution in [0.1, 0.15) is 29.7 Å². The Balaban J connectivity index is 2.04. The van der Waals surface area contributed by atoms with Gasteiger partial charge in [0.25, 0.3) is 5.69 Å². The molecule has 4 nitrogen and oxygen atoms in total. The molecule has 0 radical (unpaired) electrons. The lowest BCUT2D eigenvalue weighted by molar-refractivity contribution is -0.385. The van der Waals surface area contributed by atoms with Gasteiger partial charge in [0, 0.05) is 24.2 Å². The molecule has 0 fully saturated rings. The van der Waals surface area contributed by atoms with Gasteiger partial charge in [-0.1, -0.05) is 42.5 Å². The molecule has 0 aliphatic rings. The Kier molecular flexibility index (Phi) is 4.48. The van der Waals surface area contributed by atoms with Crippen molar-refractivity contribution < 1.29 is 4.92 Å². The predicted octanol–water partition coefficient (Wildman–Crippen LogP) is 3.75. The third kappa shape index (κ3) is 3.42. The third-order valence-corrected chi connectivity index (χ3v) is 3.38. The van der Waals surface area contributed by atoms with Gasteiger partial charge in [-0.05, 0) is 25.0 Å². The molecule has 0 saturated heterocycles. The van der Waals surface area contributed by atoms with Crippen LogP contribution in [-0.4, -0.2) is 4.92 Å². The highest BCUT2D eigenvalue weighted by atomic mass is 16.6. The smallest absolute Gasteiger partial charge is 0.272 e. The Labute approximate surface area is 118 Å². The van der Waals surface area contributed by atoms with Gasteiger partial charge in [0.15, 0.2) is 0 Å². The molecular weight excluding hydrogens is 252 g/mol. The van der Waals surface area contributed by atoms with E-state index in [9.17, 15) is 10.1 Å². The van der Waals surface area contributed by atoms with E-state index in [1.165, 1.54) is 5.56 Å². The SMILES string of the molecule is Cc1ccc(CNC(C)c2ccccc2)cc1[N+](=O)[O-]. The second kappa shape index (κ2) is 6.30. The number of nitrogens with one attached hydrogen (secondary N) is 1. The molecule has 0 aromatic heterocycles. The highest BCUT2D eigenvalue weighted by Gasteiger charge is 2.11. The number of hydrogen-bond donors (Lipinski definition) is 1. The molecule has 1 unspecified atom stereocenters. The van der Waals surface area contributed by atoms with E-state index in [1.807, 2.05) is 24.3 Å². The van der Waals surface area contributed by atoms with Crippen molar-refractivity contribution >= 4 is 5.69 Å². The molecule has 20 heavy (non-hydrogen) atoms. The number of benzene rings is 2. The summed E-state index contributed by atoms with van der Waals surface area (Å²) < 4.78 is 0. The summed E-state index contributed by atoms with van der Waals surface area (Å²) in [6.45, 7) is 4.44. The van der Waals surface area contributed by atoms with Crippen molar-refractivity contribution in [3.05, 3.63) is 75.3 Å². The quantitative estimate of drug-likeness (QED) is 0.665. The monoisotopic (exact) mass is 270 g/mol. The summed E-state index contributed by atoms with van der Waals surface area (Å²) in [4.78, 5) is 10.6. The molecule has 2 rings (SSSR count). The lowest BCUT2D eigenvalue weighted by Gasteiger charge is -2.14. The van der Waals surface area contributed by atoms with Crippen molar-refractivity contribution in [3.63, 3.8) is 0 Å². The van der Waals surface area contributed by atoms with Gasteiger partial charge in [-0.15, -0.1) is 0 Å². The van der Waals surface area contributed by atoms with Crippen LogP contribution in [0.3, 0.4) is 0 Å². The molecule has 1 atom stereocenters. The van der Waals surface area contributed by atoms with E-state index in [1.54, 1.807) is 19.1 Å². The zero-order valence-corrected chi connectivity index (χ0v) is 11.7. The van der Waals surface area contributed by atoms with E-state index >= 15 is 0 Å². The average Bonchev–Trinajstić information content (AvgIpc) is 2.46. The van der Waals surface area contributed by atoms with Gasteiger partial charge in [0.05, 0.1) is 4.92 Å². The summed E-state index contributed by atoms with van der Waals surface area (Å²) in [5.74, 6) is 0. The van der Waals surface area contributed by atoms with Gasteiger partial charge < -0.3 is 5.32 Å². The molecule has 0 amide bonds. The van der Waals surface area contributed by atoms with Crippen LogP contribution in [0.15, 0.2) is 48.5 Å². The maximum absolute atomic E-state index is 10.9. The largest absolute Gasteiger partial charge is 0.306 e. The molecule has 0 heterocycles. The van der Waals surface area contributed by atoms with Gasteiger partial charge in [-0.3, -0.25) is 10.1 Å². The standard InChI is InChI=1S/C16H18N2O2/c1-12-8-9-14(10-16(12)18(19)20)11-17-13(2)15-6-4-3-5-7-15/h3-10,13,17H,11H2,1-2H3. The molecule has 4 heteroatoms. The molecule has 0 bridgehead atoms. The van der Waals surface area contributed by atoms with Crippen molar-refractivity contribution in [2.75, 3.05) is 0 Å². The van der Waals surface area contributed by atoms with E-state index in [0.717, 1.165) is 5.56 Å². The molecule has 104 valence electrons. The lowest BCUT2D eigenvalue weighted by Crippen LogP contribution is -2.18. The van der Waals surface area contributed by atoms with Crippen LogP contribution in [0.2, 0.25) is 0 Å². The van der Waals surface area contributed by atoms with Crippen LogP contribution >= 0.6 is 0 Å². The number of rotatable bonds is 5. The van der Waals surface area contributed by atoms with E-state index in [4.69, 9.17) is 0 Å². The number of nitro groups is 1. The summed E-state index contributed by atoms with van der Waals surface area (Å²) in [5, 5.41) is 14.3. The van der Waals surface area contributed by atoms with Crippen molar-refractivity contribution in [2.45, 2.75) is 26.4 Å². The van der Waals surface area contributed by atoms with Gasteiger partial charge in [-0.2, -0.15) is 0 Å². The topological polar surface area (TPSA) is 55.2 Å². The lowest BCUT2D eigenvalue weighted by atomic mass is 10.1. The van der Waals surface area contributed by atoms with E-state index in [2.05, 4.69) is 24.4 Å². The van der Waals surface area contributed by atoms with Crippen LogP contribution in [-0.2, 0) is 6.54 Å². The zero-order valence-electron chi connectivity index (χ0n) is 11.7. The molecule has 2 aromatic carbocycles. The predicted molar refractivity (Wildman–Crippen MR) is 79.5 cm³/mol.